The average molecular weight is 262 g/mol. The number of benzene rings is 1. The van der Waals surface area contributed by atoms with E-state index in [2.05, 4.69) is 5.32 Å². The highest BCUT2D eigenvalue weighted by molar-refractivity contribution is 5.84. The Labute approximate surface area is 112 Å². The SMILES string of the molecule is CC1NC(c2cccc(F)c2)N(CCC2CC2)C1=O. The van der Waals surface area contributed by atoms with Gasteiger partial charge in [-0.2, -0.15) is 0 Å². The maximum atomic E-state index is 13.3. The van der Waals surface area contributed by atoms with Crippen molar-refractivity contribution in [3.63, 3.8) is 0 Å². The first kappa shape index (κ1) is 12.6. The van der Waals surface area contributed by atoms with Crippen molar-refractivity contribution in [3.05, 3.63) is 35.6 Å². The summed E-state index contributed by atoms with van der Waals surface area (Å²) in [5.41, 5.74) is 0.827. The average Bonchev–Trinajstić information content (AvgIpc) is 3.16. The second-order valence-electron chi connectivity index (χ2n) is 5.61. The standard InChI is InChI=1S/C15H19FN2O/c1-10-15(19)18(8-7-11-5-6-11)14(17-10)12-3-2-4-13(16)9-12/h2-4,9-11,14,17H,5-8H2,1H3. The van der Waals surface area contributed by atoms with E-state index in [1.54, 1.807) is 6.07 Å². The predicted octanol–water partition coefficient (Wildman–Crippen LogP) is 2.44. The lowest BCUT2D eigenvalue weighted by molar-refractivity contribution is -0.129. The van der Waals surface area contributed by atoms with Crippen molar-refractivity contribution in [2.45, 2.75) is 38.4 Å². The number of carbonyl (C=O) groups is 1. The summed E-state index contributed by atoms with van der Waals surface area (Å²) in [6.07, 6.45) is 3.45. The molecule has 2 fully saturated rings. The van der Waals surface area contributed by atoms with Crippen LogP contribution < -0.4 is 5.32 Å². The number of hydrogen-bond acceptors (Lipinski definition) is 2. The van der Waals surface area contributed by atoms with E-state index >= 15 is 0 Å². The summed E-state index contributed by atoms with van der Waals surface area (Å²) in [5.74, 6) is 0.653. The summed E-state index contributed by atoms with van der Waals surface area (Å²) in [6, 6.07) is 6.31. The van der Waals surface area contributed by atoms with Crippen LogP contribution in [0.2, 0.25) is 0 Å². The quantitative estimate of drug-likeness (QED) is 0.904. The summed E-state index contributed by atoms with van der Waals surface area (Å²) >= 11 is 0. The van der Waals surface area contributed by atoms with Gasteiger partial charge in [0, 0.05) is 6.54 Å². The Kier molecular flexibility index (Phi) is 3.27. The van der Waals surface area contributed by atoms with Crippen molar-refractivity contribution in [1.29, 1.82) is 0 Å². The highest BCUT2D eigenvalue weighted by Gasteiger charge is 2.37. The van der Waals surface area contributed by atoms with Gasteiger partial charge in [0.15, 0.2) is 0 Å². The lowest BCUT2D eigenvalue weighted by atomic mass is 10.1. The van der Waals surface area contributed by atoms with E-state index < -0.39 is 0 Å². The van der Waals surface area contributed by atoms with Gasteiger partial charge in [-0.05, 0) is 37.0 Å². The molecule has 1 amide bonds. The normalized spacial score (nSPS) is 27.1. The Morgan fingerprint density at radius 3 is 2.89 bits per heavy atom. The van der Waals surface area contributed by atoms with E-state index in [9.17, 15) is 9.18 Å². The van der Waals surface area contributed by atoms with Gasteiger partial charge in [0.05, 0.1) is 6.04 Å². The Balaban J connectivity index is 1.78. The molecule has 3 rings (SSSR count). The van der Waals surface area contributed by atoms with Crippen LogP contribution in [0.4, 0.5) is 4.39 Å². The fourth-order valence-corrected chi connectivity index (χ4v) is 2.69. The number of nitrogens with zero attached hydrogens (tertiary/aromatic N) is 1. The highest BCUT2D eigenvalue weighted by Crippen LogP contribution is 2.34. The maximum absolute atomic E-state index is 13.3. The van der Waals surface area contributed by atoms with Gasteiger partial charge in [-0.25, -0.2) is 4.39 Å². The molecule has 3 nitrogen and oxygen atoms in total. The zero-order valence-corrected chi connectivity index (χ0v) is 11.1. The Bertz CT molecular complexity index is 487. The topological polar surface area (TPSA) is 32.3 Å². The number of hydrogen-bond donors (Lipinski definition) is 1. The van der Waals surface area contributed by atoms with Crippen molar-refractivity contribution < 1.29 is 9.18 Å². The van der Waals surface area contributed by atoms with Crippen molar-refractivity contribution in [2.24, 2.45) is 5.92 Å². The van der Waals surface area contributed by atoms with Gasteiger partial charge in [0.25, 0.3) is 0 Å². The summed E-state index contributed by atoms with van der Waals surface area (Å²) < 4.78 is 13.3. The van der Waals surface area contributed by atoms with Crippen LogP contribution in [-0.2, 0) is 4.79 Å². The van der Waals surface area contributed by atoms with Gasteiger partial charge >= 0.3 is 0 Å². The van der Waals surface area contributed by atoms with Gasteiger partial charge in [-0.1, -0.05) is 25.0 Å². The monoisotopic (exact) mass is 262 g/mol. The molecule has 0 aromatic heterocycles. The van der Waals surface area contributed by atoms with Gasteiger partial charge in [0.1, 0.15) is 12.0 Å². The van der Waals surface area contributed by atoms with E-state index in [1.165, 1.54) is 25.0 Å². The second kappa shape index (κ2) is 4.93. The minimum Gasteiger partial charge on any atom is -0.322 e. The lowest BCUT2D eigenvalue weighted by Gasteiger charge is -2.24. The highest BCUT2D eigenvalue weighted by atomic mass is 19.1. The van der Waals surface area contributed by atoms with Crippen molar-refractivity contribution >= 4 is 5.91 Å². The third-order valence-corrected chi connectivity index (χ3v) is 4.01. The van der Waals surface area contributed by atoms with Gasteiger partial charge in [-0.15, -0.1) is 0 Å². The minimum absolute atomic E-state index is 0.120. The summed E-state index contributed by atoms with van der Waals surface area (Å²) in [4.78, 5) is 14.0. The van der Waals surface area contributed by atoms with Crippen LogP contribution in [0.5, 0.6) is 0 Å². The zero-order valence-electron chi connectivity index (χ0n) is 11.1. The van der Waals surface area contributed by atoms with E-state index in [0.717, 1.165) is 24.4 Å². The number of amides is 1. The summed E-state index contributed by atoms with van der Waals surface area (Å²) in [7, 11) is 0. The number of halogens is 1. The molecule has 2 unspecified atom stereocenters. The molecule has 1 aliphatic heterocycles. The molecule has 1 aromatic rings. The Morgan fingerprint density at radius 2 is 2.21 bits per heavy atom. The van der Waals surface area contributed by atoms with Crippen LogP contribution in [-0.4, -0.2) is 23.4 Å². The lowest BCUT2D eigenvalue weighted by Crippen LogP contribution is -2.31. The van der Waals surface area contributed by atoms with Crippen LogP contribution in [0.3, 0.4) is 0 Å². The first-order valence-corrected chi connectivity index (χ1v) is 6.97. The number of nitrogens with one attached hydrogen (secondary N) is 1. The van der Waals surface area contributed by atoms with Gasteiger partial charge in [-0.3, -0.25) is 10.1 Å². The van der Waals surface area contributed by atoms with Crippen molar-refractivity contribution in [2.75, 3.05) is 6.54 Å². The van der Waals surface area contributed by atoms with Gasteiger partial charge < -0.3 is 4.90 Å². The molecule has 19 heavy (non-hydrogen) atoms. The largest absolute Gasteiger partial charge is 0.322 e. The molecule has 0 radical (unpaired) electrons. The minimum atomic E-state index is -0.256. The fraction of sp³-hybridized carbons (Fsp3) is 0.533. The molecule has 0 bridgehead atoms. The van der Waals surface area contributed by atoms with Crippen molar-refractivity contribution in [1.82, 2.24) is 10.2 Å². The molecular formula is C15H19FN2O. The third kappa shape index (κ3) is 2.63. The number of rotatable bonds is 4. The Hall–Kier alpha value is -1.42. The molecule has 4 heteroatoms. The molecular weight excluding hydrogens is 243 g/mol. The van der Waals surface area contributed by atoms with Crippen LogP contribution in [0, 0.1) is 11.7 Å². The molecule has 2 atom stereocenters. The maximum Gasteiger partial charge on any atom is 0.241 e. The zero-order chi connectivity index (χ0) is 13.4. The van der Waals surface area contributed by atoms with E-state index in [-0.39, 0.29) is 23.9 Å². The fourth-order valence-electron chi connectivity index (χ4n) is 2.69. The number of carbonyl (C=O) groups excluding carboxylic acids is 1. The van der Waals surface area contributed by atoms with Crippen LogP contribution in [0.1, 0.15) is 37.9 Å². The van der Waals surface area contributed by atoms with Crippen LogP contribution in [0.15, 0.2) is 24.3 Å². The summed E-state index contributed by atoms with van der Waals surface area (Å²) in [6.45, 7) is 2.63. The molecule has 102 valence electrons. The molecule has 1 saturated heterocycles. The third-order valence-electron chi connectivity index (χ3n) is 4.01. The molecule has 1 aliphatic carbocycles. The molecule has 1 saturated carbocycles. The van der Waals surface area contributed by atoms with E-state index in [1.807, 2.05) is 17.9 Å². The Morgan fingerprint density at radius 1 is 1.42 bits per heavy atom. The predicted molar refractivity (Wildman–Crippen MR) is 70.8 cm³/mol. The molecule has 1 aromatic carbocycles. The first-order chi connectivity index (χ1) is 9.15. The summed E-state index contributed by atoms with van der Waals surface area (Å²) in [5, 5.41) is 3.25. The van der Waals surface area contributed by atoms with Crippen LogP contribution >= 0.6 is 0 Å². The second-order valence-corrected chi connectivity index (χ2v) is 5.61. The van der Waals surface area contributed by atoms with Crippen LogP contribution in [0.25, 0.3) is 0 Å². The molecule has 2 aliphatic rings. The van der Waals surface area contributed by atoms with E-state index in [4.69, 9.17) is 0 Å². The smallest absolute Gasteiger partial charge is 0.241 e. The molecule has 1 N–H and O–H groups in total. The van der Waals surface area contributed by atoms with Gasteiger partial charge in [0.2, 0.25) is 5.91 Å². The molecule has 0 spiro atoms. The first-order valence-electron chi connectivity index (χ1n) is 6.97. The van der Waals surface area contributed by atoms with E-state index in [0.29, 0.717) is 0 Å². The molecule has 1 heterocycles. The van der Waals surface area contributed by atoms with Crippen molar-refractivity contribution in [3.8, 4) is 0 Å².